The van der Waals surface area contributed by atoms with E-state index in [1.807, 2.05) is 32.0 Å². The minimum Gasteiger partial charge on any atom is -0.489 e. The summed E-state index contributed by atoms with van der Waals surface area (Å²) in [5.74, 6) is -1.89. The number of carbonyl (C=O) groups excluding carboxylic acids is 1. The molecule has 5 nitrogen and oxygen atoms in total. The second-order valence-electron chi connectivity index (χ2n) is 8.29. The van der Waals surface area contributed by atoms with Gasteiger partial charge in [-0.3, -0.25) is 4.98 Å². The molecule has 34 heavy (non-hydrogen) atoms. The molecule has 3 aromatic rings. The number of benzene rings is 1. The summed E-state index contributed by atoms with van der Waals surface area (Å²) in [7, 11) is 0. The van der Waals surface area contributed by atoms with Crippen molar-refractivity contribution in [1.82, 2.24) is 4.98 Å². The van der Waals surface area contributed by atoms with E-state index in [-0.39, 0.29) is 18.6 Å². The highest BCUT2D eigenvalue weighted by Crippen LogP contribution is 2.43. The van der Waals surface area contributed by atoms with Crippen molar-refractivity contribution < 1.29 is 31.9 Å². The summed E-state index contributed by atoms with van der Waals surface area (Å²) >= 11 is 0. The maximum Gasteiger partial charge on any atom is 0.398 e. The second-order valence-corrected chi connectivity index (χ2v) is 8.29. The molecule has 1 fully saturated rings. The van der Waals surface area contributed by atoms with Crippen molar-refractivity contribution >= 4 is 16.9 Å². The van der Waals surface area contributed by atoms with Gasteiger partial charge in [0, 0.05) is 28.8 Å². The average Bonchev–Trinajstić information content (AvgIpc) is 3.41. The van der Waals surface area contributed by atoms with Gasteiger partial charge >= 0.3 is 12.1 Å². The number of alkyl halides is 3. The number of esters is 1. The minimum absolute atomic E-state index is 0.0577. The molecule has 2 heterocycles. The van der Waals surface area contributed by atoms with Gasteiger partial charge in [0.1, 0.15) is 35.2 Å². The Morgan fingerprint density at radius 1 is 1.15 bits per heavy atom. The SMILES string of the molecule is C=CC(=O)OC1CCC(Oc2ccc3cc(-c4ccc(CC)nc4CC)oc3c2)C1C(F)(F)F. The molecule has 180 valence electrons. The number of halogens is 3. The number of pyridine rings is 1. The summed E-state index contributed by atoms with van der Waals surface area (Å²) in [4.78, 5) is 16.2. The summed E-state index contributed by atoms with van der Waals surface area (Å²) in [6.07, 6.45) is -4.46. The molecule has 1 aliphatic rings. The van der Waals surface area contributed by atoms with Gasteiger partial charge in [-0.25, -0.2) is 4.79 Å². The van der Waals surface area contributed by atoms with Crippen LogP contribution in [0.1, 0.15) is 38.1 Å². The van der Waals surface area contributed by atoms with Gasteiger partial charge in [0.2, 0.25) is 0 Å². The standard InChI is InChI=1S/C26H26F3NO4/c1-4-16-8-10-18(19(5-2)30-16)23-13-15-7-9-17(14-22(15)33-23)32-20-11-12-21(34-24(31)6-3)25(20)26(27,28)29/h6-10,13-14,20-21,25H,3-5,11-12H2,1-2H3. The van der Waals surface area contributed by atoms with E-state index in [9.17, 15) is 18.0 Å². The maximum atomic E-state index is 13.8. The van der Waals surface area contributed by atoms with Crippen LogP contribution in [0.4, 0.5) is 13.2 Å². The number of fused-ring (bicyclic) bond motifs is 1. The first-order valence-corrected chi connectivity index (χ1v) is 11.3. The Balaban J connectivity index is 1.59. The molecule has 0 spiro atoms. The molecule has 4 rings (SSSR count). The smallest absolute Gasteiger partial charge is 0.398 e. The van der Waals surface area contributed by atoms with Crippen LogP contribution in [0.15, 0.2) is 53.5 Å². The molecule has 1 aromatic carbocycles. The van der Waals surface area contributed by atoms with Crippen LogP contribution in [0.5, 0.6) is 5.75 Å². The highest BCUT2D eigenvalue weighted by molar-refractivity contribution is 5.84. The predicted molar refractivity (Wildman–Crippen MR) is 121 cm³/mol. The van der Waals surface area contributed by atoms with Crippen LogP contribution in [0.2, 0.25) is 0 Å². The third-order valence-electron chi connectivity index (χ3n) is 6.12. The van der Waals surface area contributed by atoms with Crippen LogP contribution in [-0.2, 0) is 22.4 Å². The number of nitrogens with zero attached hydrogens (tertiary/aromatic N) is 1. The number of ether oxygens (including phenoxy) is 2. The first kappa shape index (κ1) is 23.9. The van der Waals surface area contributed by atoms with Crippen LogP contribution < -0.4 is 4.74 Å². The zero-order valence-corrected chi connectivity index (χ0v) is 19.0. The topological polar surface area (TPSA) is 61.6 Å². The molecule has 3 unspecified atom stereocenters. The molecule has 0 radical (unpaired) electrons. The molecule has 0 amide bonds. The third kappa shape index (κ3) is 4.81. The van der Waals surface area contributed by atoms with Crippen LogP contribution in [0.3, 0.4) is 0 Å². The first-order chi connectivity index (χ1) is 16.2. The molecule has 0 N–H and O–H groups in total. The van der Waals surface area contributed by atoms with Crippen LogP contribution in [-0.4, -0.2) is 29.3 Å². The highest BCUT2D eigenvalue weighted by atomic mass is 19.4. The van der Waals surface area contributed by atoms with Crippen molar-refractivity contribution in [3.05, 3.63) is 60.4 Å². The van der Waals surface area contributed by atoms with Crippen molar-refractivity contribution in [1.29, 1.82) is 0 Å². The molecule has 1 aliphatic carbocycles. The molecular formula is C26H26F3NO4. The van der Waals surface area contributed by atoms with Gasteiger partial charge in [0.05, 0.1) is 5.69 Å². The van der Waals surface area contributed by atoms with Crippen molar-refractivity contribution in [3.63, 3.8) is 0 Å². The van der Waals surface area contributed by atoms with Gasteiger partial charge in [0.25, 0.3) is 0 Å². The van der Waals surface area contributed by atoms with Crippen LogP contribution >= 0.6 is 0 Å². The van der Waals surface area contributed by atoms with E-state index in [2.05, 4.69) is 11.6 Å². The van der Waals surface area contributed by atoms with Crippen molar-refractivity contribution in [2.75, 3.05) is 0 Å². The summed E-state index contributed by atoms with van der Waals surface area (Å²) < 4.78 is 58.0. The van der Waals surface area contributed by atoms with E-state index in [1.165, 1.54) is 0 Å². The van der Waals surface area contributed by atoms with E-state index in [1.54, 1.807) is 18.2 Å². The molecular weight excluding hydrogens is 447 g/mol. The lowest BCUT2D eigenvalue weighted by molar-refractivity contribution is -0.214. The van der Waals surface area contributed by atoms with E-state index in [4.69, 9.17) is 13.9 Å². The predicted octanol–water partition coefficient (Wildman–Crippen LogP) is 6.44. The normalized spacial score (nSPS) is 20.4. The molecule has 3 atom stereocenters. The van der Waals surface area contributed by atoms with Gasteiger partial charge in [-0.1, -0.05) is 20.4 Å². The Morgan fingerprint density at radius 3 is 2.59 bits per heavy atom. The Labute approximate surface area is 195 Å². The summed E-state index contributed by atoms with van der Waals surface area (Å²) in [5, 5.41) is 0.806. The zero-order valence-electron chi connectivity index (χ0n) is 19.0. The van der Waals surface area contributed by atoms with Crippen molar-refractivity contribution in [2.45, 2.75) is 57.9 Å². The van der Waals surface area contributed by atoms with Gasteiger partial charge in [-0.05, 0) is 56.0 Å². The Morgan fingerprint density at radius 2 is 1.91 bits per heavy atom. The number of hydrogen-bond acceptors (Lipinski definition) is 5. The Bertz CT molecular complexity index is 1200. The fourth-order valence-electron chi connectivity index (χ4n) is 4.44. The number of hydrogen-bond donors (Lipinski definition) is 0. The molecule has 0 saturated heterocycles. The lowest BCUT2D eigenvalue weighted by Crippen LogP contribution is -2.41. The minimum atomic E-state index is -4.58. The largest absolute Gasteiger partial charge is 0.489 e. The lowest BCUT2D eigenvalue weighted by Gasteiger charge is -2.27. The third-order valence-corrected chi connectivity index (χ3v) is 6.12. The number of furan rings is 1. The summed E-state index contributed by atoms with van der Waals surface area (Å²) in [6.45, 7) is 7.32. The fourth-order valence-corrected chi connectivity index (χ4v) is 4.44. The fraction of sp³-hybridized carbons (Fsp3) is 0.385. The molecule has 8 heteroatoms. The summed E-state index contributed by atoms with van der Waals surface area (Å²) in [5.41, 5.74) is 3.32. The zero-order chi connectivity index (χ0) is 24.5. The average molecular weight is 473 g/mol. The molecule has 2 aromatic heterocycles. The van der Waals surface area contributed by atoms with Gasteiger partial charge in [-0.2, -0.15) is 13.2 Å². The van der Waals surface area contributed by atoms with Crippen LogP contribution in [0.25, 0.3) is 22.3 Å². The molecule has 0 bridgehead atoms. The quantitative estimate of drug-likeness (QED) is 0.292. The molecule has 1 saturated carbocycles. The van der Waals surface area contributed by atoms with Gasteiger partial charge in [0.15, 0.2) is 0 Å². The number of aryl methyl sites for hydroxylation is 2. The lowest BCUT2D eigenvalue weighted by atomic mass is 10.0. The van der Waals surface area contributed by atoms with Gasteiger partial charge < -0.3 is 13.9 Å². The Hall–Kier alpha value is -3.29. The maximum absolute atomic E-state index is 13.8. The van der Waals surface area contributed by atoms with Crippen molar-refractivity contribution in [2.24, 2.45) is 5.92 Å². The monoisotopic (exact) mass is 473 g/mol. The van der Waals surface area contributed by atoms with E-state index in [0.717, 1.165) is 41.3 Å². The second kappa shape index (κ2) is 9.52. The van der Waals surface area contributed by atoms with Gasteiger partial charge in [-0.15, -0.1) is 0 Å². The number of rotatable bonds is 7. The van der Waals surface area contributed by atoms with Crippen LogP contribution in [0, 0.1) is 5.92 Å². The Kier molecular flexibility index (Phi) is 6.68. The van der Waals surface area contributed by atoms with E-state index < -0.39 is 30.3 Å². The summed E-state index contributed by atoms with van der Waals surface area (Å²) in [6, 6.07) is 10.8. The number of carbonyl (C=O) groups is 1. The first-order valence-electron chi connectivity index (χ1n) is 11.3. The highest BCUT2D eigenvalue weighted by Gasteiger charge is 2.55. The molecule has 0 aliphatic heterocycles. The number of aromatic nitrogens is 1. The van der Waals surface area contributed by atoms with Crippen molar-refractivity contribution in [3.8, 4) is 17.1 Å². The van der Waals surface area contributed by atoms with E-state index >= 15 is 0 Å². The van der Waals surface area contributed by atoms with E-state index in [0.29, 0.717) is 11.3 Å².